The second-order valence-electron chi connectivity index (χ2n) is 7.40. The molecule has 26 heavy (non-hydrogen) atoms. The van der Waals surface area contributed by atoms with Crippen LogP contribution >= 0.6 is 11.3 Å². The van der Waals surface area contributed by atoms with Gasteiger partial charge < -0.3 is 9.64 Å². The Morgan fingerprint density at radius 1 is 1.31 bits per heavy atom. The molecule has 2 aliphatic rings. The van der Waals surface area contributed by atoms with Crippen molar-refractivity contribution in [1.29, 1.82) is 0 Å². The van der Waals surface area contributed by atoms with Gasteiger partial charge in [-0.3, -0.25) is 4.90 Å². The predicted molar refractivity (Wildman–Crippen MR) is 109 cm³/mol. The lowest BCUT2D eigenvalue weighted by atomic mass is 9.79. The highest BCUT2D eigenvalue weighted by atomic mass is 32.1. The summed E-state index contributed by atoms with van der Waals surface area (Å²) in [5, 5.41) is 1.28. The minimum absolute atomic E-state index is 0.606. The summed E-state index contributed by atoms with van der Waals surface area (Å²) in [6.07, 6.45) is 6.27. The average Bonchev–Trinajstić information content (AvgIpc) is 3.02. The van der Waals surface area contributed by atoms with E-state index in [0.29, 0.717) is 24.0 Å². The maximum absolute atomic E-state index is 5.40. The highest BCUT2D eigenvalue weighted by Gasteiger charge is 2.35. The summed E-state index contributed by atoms with van der Waals surface area (Å²) in [7, 11) is 3.90. The van der Waals surface area contributed by atoms with Crippen LogP contribution in [0, 0.1) is 0 Å². The Labute approximate surface area is 159 Å². The number of methoxy groups -OCH3 is 1. The molecule has 1 aliphatic carbocycles. The van der Waals surface area contributed by atoms with Gasteiger partial charge in [-0.1, -0.05) is 0 Å². The summed E-state index contributed by atoms with van der Waals surface area (Å²) in [5.74, 6) is 0.607. The van der Waals surface area contributed by atoms with Gasteiger partial charge in [-0.15, -0.1) is 11.3 Å². The van der Waals surface area contributed by atoms with Crippen molar-refractivity contribution in [3.05, 3.63) is 35.5 Å². The van der Waals surface area contributed by atoms with Gasteiger partial charge in [-0.05, 0) is 58.0 Å². The lowest BCUT2D eigenvalue weighted by Gasteiger charge is -2.42. The van der Waals surface area contributed by atoms with Gasteiger partial charge in [0, 0.05) is 36.4 Å². The maximum Gasteiger partial charge on any atom is 0.296 e. The largest absolute Gasteiger partial charge is 0.468 e. The van der Waals surface area contributed by atoms with E-state index in [2.05, 4.69) is 53.9 Å². The topological polar surface area (TPSA) is 41.0 Å². The molecule has 0 N–H and O–H groups in total. The molecule has 0 radical (unpaired) electrons. The molecule has 1 aromatic carbocycles. The fourth-order valence-electron chi connectivity index (χ4n) is 3.61. The summed E-state index contributed by atoms with van der Waals surface area (Å²) in [6, 6.07) is 8.37. The number of thiazole rings is 1. The van der Waals surface area contributed by atoms with Gasteiger partial charge in [0.1, 0.15) is 0 Å². The Morgan fingerprint density at radius 3 is 2.85 bits per heavy atom. The molecule has 2 heterocycles. The Morgan fingerprint density at radius 2 is 2.12 bits per heavy atom. The number of amidine groups is 1. The van der Waals surface area contributed by atoms with E-state index >= 15 is 0 Å². The predicted octanol–water partition coefficient (Wildman–Crippen LogP) is 4.22. The molecule has 0 unspecified atom stereocenters. The second-order valence-corrected chi connectivity index (χ2v) is 8.46. The van der Waals surface area contributed by atoms with Crippen LogP contribution in [-0.2, 0) is 4.74 Å². The van der Waals surface area contributed by atoms with Gasteiger partial charge >= 0.3 is 0 Å². The lowest BCUT2D eigenvalue weighted by Crippen LogP contribution is -2.44. The molecule has 4 rings (SSSR count). The molecule has 138 valence electrons. The van der Waals surface area contributed by atoms with E-state index in [0.717, 1.165) is 17.7 Å². The number of aliphatic imine (C=N–C) groups is 1. The van der Waals surface area contributed by atoms with E-state index in [4.69, 9.17) is 9.72 Å². The molecule has 0 bridgehead atoms. The molecule has 0 saturated heterocycles. The first-order chi connectivity index (χ1) is 12.6. The van der Waals surface area contributed by atoms with Crippen molar-refractivity contribution >= 4 is 33.3 Å². The molecule has 1 aromatic heterocycles. The zero-order valence-electron chi connectivity index (χ0n) is 15.8. The van der Waals surface area contributed by atoms with Gasteiger partial charge in [0.05, 0.1) is 22.3 Å². The third-order valence-electron chi connectivity index (χ3n) is 5.55. The van der Waals surface area contributed by atoms with Crippen LogP contribution in [0.15, 0.2) is 35.5 Å². The van der Waals surface area contributed by atoms with Crippen molar-refractivity contribution in [2.75, 3.05) is 25.6 Å². The Balaban J connectivity index is 1.52. The monoisotopic (exact) mass is 370 g/mol. The maximum atomic E-state index is 5.40. The summed E-state index contributed by atoms with van der Waals surface area (Å²) in [4.78, 5) is 13.8. The number of nitrogens with zero attached hydrogens (tertiary/aromatic N) is 4. The second kappa shape index (κ2) is 7.00. The van der Waals surface area contributed by atoms with Crippen molar-refractivity contribution in [1.82, 2.24) is 9.88 Å². The molecule has 1 aliphatic heterocycles. The molecule has 0 amide bonds. The van der Waals surface area contributed by atoms with Crippen LogP contribution in [0.3, 0.4) is 0 Å². The Kier molecular flexibility index (Phi) is 4.71. The molecule has 2 aromatic rings. The van der Waals surface area contributed by atoms with Gasteiger partial charge in [0.25, 0.3) is 6.02 Å². The smallest absolute Gasteiger partial charge is 0.296 e. The Bertz CT molecular complexity index is 851. The summed E-state index contributed by atoms with van der Waals surface area (Å²) < 4.78 is 6.64. The van der Waals surface area contributed by atoms with Gasteiger partial charge in [-0.25, -0.2) is 9.98 Å². The number of anilines is 1. The van der Waals surface area contributed by atoms with E-state index in [1.54, 1.807) is 13.3 Å². The number of benzene rings is 1. The first-order valence-corrected chi connectivity index (χ1v) is 10.0. The summed E-state index contributed by atoms with van der Waals surface area (Å²) in [5.41, 5.74) is 2.20. The van der Waals surface area contributed by atoms with Gasteiger partial charge in [0.2, 0.25) is 0 Å². The number of ether oxygens (including phenoxy) is 1. The fourth-order valence-corrected chi connectivity index (χ4v) is 4.74. The van der Waals surface area contributed by atoms with Crippen LogP contribution in [0.1, 0.15) is 37.6 Å². The van der Waals surface area contributed by atoms with Gasteiger partial charge in [-0.2, -0.15) is 0 Å². The van der Waals surface area contributed by atoms with Crippen molar-refractivity contribution in [2.24, 2.45) is 4.99 Å². The van der Waals surface area contributed by atoms with E-state index in [1.165, 1.54) is 22.5 Å². The van der Waals surface area contributed by atoms with Crippen LogP contribution < -0.4 is 4.90 Å². The van der Waals surface area contributed by atoms with Crippen LogP contribution in [0.25, 0.3) is 10.2 Å². The number of aromatic nitrogens is 1. The summed E-state index contributed by atoms with van der Waals surface area (Å²) in [6.45, 7) is 5.30. The van der Waals surface area contributed by atoms with E-state index in [1.807, 2.05) is 17.4 Å². The highest BCUT2D eigenvalue weighted by molar-refractivity contribution is 7.18. The Hall–Kier alpha value is -1.92. The molecular formula is C20H26N4OS. The third kappa shape index (κ3) is 3.12. The number of rotatable bonds is 4. The molecule has 0 spiro atoms. The highest BCUT2D eigenvalue weighted by Crippen LogP contribution is 2.43. The number of hydrogen-bond donors (Lipinski definition) is 0. The third-order valence-corrected chi connectivity index (χ3v) is 6.73. The molecule has 1 fully saturated rings. The van der Waals surface area contributed by atoms with E-state index < -0.39 is 0 Å². The quantitative estimate of drug-likeness (QED) is 0.808. The fraction of sp³-hybridized carbons (Fsp3) is 0.500. The molecule has 6 heteroatoms. The average molecular weight is 371 g/mol. The van der Waals surface area contributed by atoms with Crippen molar-refractivity contribution in [3.63, 3.8) is 0 Å². The number of hydrogen-bond acceptors (Lipinski definition) is 6. The lowest BCUT2D eigenvalue weighted by molar-refractivity contribution is 0.108. The van der Waals surface area contributed by atoms with Crippen molar-refractivity contribution in [3.8, 4) is 0 Å². The first-order valence-electron chi connectivity index (χ1n) is 9.23. The van der Waals surface area contributed by atoms with Crippen LogP contribution in [-0.4, -0.2) is 48.7 Å². The van der Waals surface area contributed by atoms with E-state index in [9.17, 15) is 0 Å². The summed E-state index contributed by atoms with van der Waals surface area (Å²) >= 11 is 1.84. The standard InChI is InChI=1S/C20H26N4OS/c1-13(2)23(3)16-10-14(11-16)19-22-17-7-6-15(12-18(17)26-19)24-9-5-8-21-20(24)25-4/h5-8,12-14,16H,9-11H2,1-4H3. The molecule has 5 nitrogen and oxygen atoms in total. The molecule has 0 atom stereocenters. The molecular weight excluding hydrogens is 344 g/mol. The van der Waals surface area contributed by atoms with E-state index in [-0.39, 0.29) is 0 Å². The van der Waals surface area contributed by atoms with Crippen LogP contribution in [0.5, 0.6) is 0 Å². The zero-order chi connectivity index (χ0) is 18.3. The van der Waals surface area contributed by atoms with Crippen LogP contribution in [0.2, 0.25) is 0 Å². The van der Waals surface area contributed by atoms with Crippen LogP contribution in [0.4, 0.5) is 5.69 Å². The number of fused-ring (bicyclic) bond motifs is 1. The van der Waals surface area contributed by atoms with Crippen molar-refractivity contribution in [2.45, 2.75) is 44.7 Å². The zero-order valence-corrected chi connectivity index (χ0v) is 16.7. The van der Waals surface area contributed by atoms with Gasteiger partial charge in [0.15, 0.2) is 0 Å². The minimum Gasteiger partial charge on any atom is -0.468 e. The molecule has 1 saturated carbocycles. The SMILES string of the molecule is COC1=NC=CCN1c1ccc2nc(C3CC(N(C)C(C)C)C3)sc2c1. The first kappa shape index (κ1) is 17.5. The normalized spacial score (nSPS) is 22.8. The minimum atomic E-state index is 0.606. The van der Waals surface area contributed by atoms with Crippen molar-refractivity contribution < 1.29 is 4.74 Å².